The first-order valence-electron chi connectivity index (χ1n) is 7.43. The first-order chi connectivity index (χ1) is 8.10. The van der Waals surface area contributed by atoms with Crippen LogP contribution in [-0.2, 0) is 4.74 Å². The molecule has 17 heavy (non-hydrogen) atoms. The van der Waals surface area contributed by atoms with Gasteiger partial charge in [-0.25, -0.2) is 0 Å². The Morgan fingerprint density at radius 2 is 1.65 bits per heavy atom. The van der Waals surface area contributed by atoms with Gasteiger partial charge < -0.3 is 9.84 Å². The summed E-state index contributed by atoms with van der Waals surface area (Å²) in [7, 11) is 0. The van der Waals surface area contributed by atoms with Crippen molar-refractivity contribution in [1.82, 2.24) is 0 Å². The summed E-state index contributed by atoms with van der Waals surface area (Å²) in [6, 6.07) is 0. The minimum absolute atomic E-state index is 0.178. The van der Waals surface area contributed by atoms with Gasteiger partial charge in [0.2, 0.25) is 0 Å². The maximum Gasteiger partial charge on any atom is 0.0578 e. The molecule has 0 amide bonds. The van der Waals surface area contributed by atoms with Crippen LogP contribution in [0.3, 0.4) is 0 Å². The number of unbranched alkanes of at least 4 members (excludes halogenated alkanes) is 3. The van der Waals surface area contributed by atoms with Crippen molar-refractivity contribution in [1.29, 1.82) is 0 Å². The van der Waals surface area contributed by atoms with Gasteiger partial charge in [0.15, 0.2) is 0 Å². The van der Waals surface area contributed by atoms with E-state index in [1.165, 1.54) is 38.5 Å². The molecule has 0 heterocycles. The number of aliphatic hydroxyl groups excluding tert-OH is 1. The van der Waals surface area contributed by atoms with Gasteiger partial charge in [-0.15, -0.1) is 0 Å². The van der Waals surface area contributed by atoms with Crippen LogP contribution >= 0.6 is 0 Å². The van der Waals surface area contributed by atoms with E-state index in [0.29, 0.717) is 6.10 Å². The summed E-state index contributed by atoms with van der Waals surface area (Å²) in [4.78, 5) is 0. The van der Waals surface area contributed by atoms with Crippen LogP contribution in [0.2, 0.25) is 0 Å². The summed E-state index contributed by atoms with van der Waals surface area (Å²) in [6.07, 6.45) is 9.80. The van der Waals surface area contributed by atoms with E-state index in [-0.39, 0.29) is 12.2 Å². The molecule has 104 valence electrons. The van der Waals surface area contributed by atoms with Crippen LogP contribution in [0.5, 0.6) is 0 Å². The van der Waals surface area contributed by atoms with Crippen molar-refractivity contribution in [3.63, 3.8) is 0 Å². The first-order valence-corrected chi connectivity index (χ1v) is 7.43. The van der Waals surface area contributed by atoms with Crippen LogP contribution in [0.25, 0.3) is 0 Å². The molecule has 0 aromatic rings. The molecule has 0 saturated heterocycles. The second-order valence-electron chi connectivity index (χ2n) is 5.29. The second-order valence-corrected chi connectivity index (χ2v) is 5.29. The van der Waals surface area contributed by atoms with Crippen molar-refractivity contribution in [2.75, 3.05) is 0 Å². The smallest absolute Gasteiger partial charge is 0.0578 e. The topological polar surface area (TPSA) is 29.5 Å². The second kappa shape index (κ2) is 11.0. The van der Waals surface area contributed by atoms with Crippen molar-refractivity contribution >= 4 is 0 Å². The number of ether oxygens (including phenoxy) is 1. The summed E-state index contributed by atoms with van der Waals surface area (Å²) in [6.45, 7) is 8.35. The van der Waals surface area contributed by atoms with Crippen LogP contribution < -0.4 is 0 Å². The van der Waals surface area contributed by atoms with E-state index < -0.39 is 0 Å². The van der Waals surface area contributed by atoms with Crippen LogP contribution in [-0.4, -0.2) is 23.4 Å². The van der Waals surface area contributed by atoms with Crippen LogP contribution in [0.4, 0.5) is 0 Å². The standard InChI is InChI=1S/C15H32O2/c1-5-7-8-9-11-15(10-6-2)17-14(4)12-13(3)16/h13-16H,5-12H2,1-4H3/t13-,14-,15-/m1/s1. The average molecular weight is 244 g/mol. The molecule has 0 rings (SSSR count). The largest absolute Gasteiger partial charge is 0.393 e. The summed E-state index contributed by atoms with van der Waals surface area (Å²) in [5, 5.41) is 9.33. The molecule has 3 atom stereocenters. The highest BCUT2D eigenvalue weighted by atomic mass is 16.5. The van der Waals surface area contributed by atoms with E-state index in [2.05, 4.69) is 20.8 Å². The molecule has 0 unspecified atom stereocenters. The molecule has 0 aromatic carbocycles. The lowest BCUT2D eigenvalue weighted by molar-refractivity contribution is -0.0321. The molecule has 0 aromatic heterocycles. The zero-order valence-electron chi connectivity index (χ0n) is 12.2. The molecule has 0 aliphatic rings. The van der Waals surface area contributed by atoms with Gasteiger partial charge in [0.25, 0.3) is 0 Å². The molecule has 0 aliphatic heterocycles. The molecule has 1 N–H and O–H groups in total. The van der Waals surface area contributed by atoms with Gasteiger partial charge >= 0.3 is 0 Å². The van der Waals surface area contributed by atoms with Crippen molar-refractivity contribution in [3.8, 4) is 0 Å². The van der Waals surface area contributed by atoms with Crippen LogP contribution in [0.1, 0.15) is 79.1 Å². The van der Waals surface area contributed by atoms with Crippen molar-refractivity contribution in [2.45, 2.75) is 97.4 Å². The van der Waals surface area contributed by atoms with Crippen molar-refractivity contribution < 1.29 is 9.84 Å². The minimum Gasteiger partial charge on any atom is -0.393 e. The molecule has 0 spiro atoms. The third kappa shape index (κ3) is 10.8. The molecule has 0 radical (unpaired) electrons. The first kappa shape index (κ1) is 16.9. The average Bonchev–Trinajstić information content (AvgIpc) is 2.23. The fraction of sp³-hybridized carbons (Fsp3) is 1.00. The van der Waals surface area contributed by atoms with Gasteiger partial charge in [0.1, 0.15) is 0 Å². The number of hydrogen-bond donors (Lipinski definition) is 1. The predicted octanol–water partition coefficient (Wildman–Crippen LogP) is 4.30. The molecule has 2 nitrogen and oxygen atoms in total. The fourth-order valence-electron chi connectivity index (χ4n) is 2.27. The Kier molecular flexibility index (Phi) is 11.0. The van der Waals surface area contributed by atoms with Crippen LogP contribution in [0, 0.1) is 0 Å². The van der Waals surface area contributed by atoms with Crippen molar-refractivity contribution in [3.05, 3.63) is 0 Å². The SMILES string of the molecule is CCCCCC[C@@H](CCC)O[C@H](C)C[C@@H](C)O. The van der Waals surface area contributed by atoms with E-state index in [1.54, 1.807) is 0 Å². The highest BCUT2D eigenvalue weighted by Gasteiger charge is 2.13. The van der Waals surface area contributed by atoms with E-state index in [4.69, 9.17) is 4.74 Å². The van der Waals surface area contributed by atoms with Gasteiger partial charge in [-0.1, -0.05) is 46.0 Å². The van der Waals surface area contributed by atoms with E-state index in [1.807, 2.05) is 6.92 Å². The highest BCUT2D eigenvalue weighted by Crippen LogP contribution is 2.16. The summed E-state index contributed by atoms with van der Waals surface area (Å²) in [5.74, 6) is 0. The summed E-state index contributed by atoms with van der Waals surface area (Å²) >= 11 is 0. The van der Waals surface area contributed by atoms with Gasteiger partial charge in [-0.05, 0) is 33.1 Å². The lowest BCUT2D eigenvalue weighted by Crippen LogP contribution is -2.23. The molecule has 0 saturated carbocycles. The van der Waals surface area contributed by atoms with Gasteiger partial charge in [-0.3, -0.25) is 0 Å². The zero-order chi connectivity index (χ0) is 13.1. The number of rotatable bonds is 11. The predicted molar refractivity (Wildman–Crippen MR) is 74.3 cm³/mol. The Hall–Kier alpha value is -0.0800. The monoisotopic (exact) mass is 244 g/mol. The lowest BCUT2D eigenvalue weighted by atomic mass is 10.1. The Morgan fingerprint density at radius 1 is 0.941 bits per heavy atom. The summed E-state index contributed by atoms with van der Waals surface area (Å²) < 4.78 is 6.02. The molecular formula is C15H32O2. The number of hydrogen-bond acceptors (Lipinski definition) is 2. The van der Waals surface area contributed by atoms with Gasteiger partial charge in [0, 0.05) is 0 Å². The van der Waals surface area contributed by atoms with E-state index in [9.17, 15) is 5.11 Å². The highest BCUT2D eigenvalue weighted by molar-refractivity contribution is 4.63. The Labute approximate surface area is 108 Å². The van der Waals surface area contributed by atoms with E-state index in [0.717, 1.165) is 12.8 Å². The quantitative estimate of drug-likeness (QED) is 0.549. The fourth-order valence-corrected chi connectivity index (χ4v) is 2.27. The third-order valence-corrected chi connectivity index (χ3v) is 3.09. The van der Waals surface area contributed by atoms with Gasteiger partial charge in [0.05, 0.1) is 18.3 Å². The molecular weight excluding hydrogens is 212 g/mol. The molecule has 0 aliphatic carbocycles. The maximum absolute atomic E-state index is 9.33. The normalized spacial score (nSPS) is 16.8. The summed E-state index contributed by atoms with van der Waals surface area (Å²) in [5.41, 5.74) is 0. The minimum atomic E-state index is -0.257. The van der Waals surface area contributed by atoms with E-state index >= 15 is 0 Å². The van der Waals surface area contributed by atoms with Gasteiger partial charge in [-0.2, -0.15) is 0 Å². The lowest BCUT2D eigenvalue weighted by Gasteiger charge is -2.23. The zero-order valence-corrected chi connectivity index (χ0v) is 12.2. The molecule has 2 heteroatoms. The third-order valence-electron chi connectivity index (χ3n) is 3.09. The van der Waals surface area contributed by atoms with Crippen LogP contribution in [0.15, 0.2) is 0 Å². The Bertz CT molecular complexity index is 157. The maximum atomic E-state index is 9.33. The number of aliphatic hydroxyl groups is 1. The Morgan fingerprint density at radius 3 is 2.18 bits per heavy atom. The van der Waals surface area contributed by atoms with Crippen molar-refractivity contribution in [2.24, 2.45) is 0 Å². The molecule has 0 fully saturated rings. The molecule has 0 bridgehead atoms. The Balaban J connectivity index is 3.79.